The molecule has 0 bridgehead atoms. The molecule has 0 aliphatic rings. The molecule has 2 rings (SSSR count). The van der Waals surface area contributed by atoms with Gasteiger partial charge >= 0.3 is 0 Å². The van der Waals surface area contributed by atoms with Crippen molar-refractivity contribution in [3.8, 4) is 5.75 Å². The maximum Gasteiger partial charge on any atom is 0.276 e. The third kappa shape index (κ3) is 3.25. The molecule has 19 heavy (non-hydrogen) atoms. The summed E-state index contributed by atoms with van der Waals surface area (Å²) in [5.41, 5.74) is 7.07. The van der Waals surface area contributed by atoms with Gasteiger partial charge in [0.1, 0.15) is 11.6 Å². The second-order valence-electron chi connectivity index (χ2n) is 3.82. The third-order valence-electron chi connectivity index (χ3n) is 2.45. The summed E-state index contributed by atoms with van der Waals surface area (Å²) in [7, 11) is 1.60. The Labute approximate surface area is 114 Å². The van der Waals surface area contributed by atoms with E-state index in [1.54, 1.807) is 26.2 Å². The molecule has 0 saturated heterocycles. The summed E-state index contributed by atoms with van der Waals surface area (Å²) >= 11 is 1.41. The summed E-state index contributed by atoms with van der Waals surface area (Å²) in [6, 6.07) is 5.38. The van der Waals surface area contributed by atoms with Crippen LogP contribution < -0.4 is 10.5 Å². The zero-order valence-corrected chi connectivity index (χ0v) is 11.5. The van der Waals surface area contributed by atoms with Crippen LogP contribution in [0.25, 0.3) is 0 Å². The fourth-order valence-corrected chi connectivity index (χ4v) is 2.32. The highest BCUT2D eigenvalue weighted by Gasteiger charge is 2.09. The fraction of sp³-hybridized carbons (Fsp3) is 0.250. The van der Waals surface area contributed by atoms with E-state index < -0.39 is 0 Å². The van der Waals surface area contributed by atoms with E-state index in [1.165, 1.54) is 11.8 Å². The van der Waals surface area contributed by atoms with Gasteiger partial charge in [0, 0.05) is 23.8 Å². The molecule has 0 spiro atoms. The molecule has 6 nitrogen and oxygen atoms in total. The first-order chi connectivity index (χ1) is 9.10. The van der Waals surface area contributed by atoms with E-state index in [9.17, 15) is 0 Å². The molecule has 1 aromatic carbocycles. The van der Waals surface area contributed by atoms with Crippen molar-refractivity contribution in [3.05, 3.63) is 35.2 Å². The first kappa shape index (κ1) is 13.4. The van der Waals surface area contributed by atoms with Gasteiger partial charge in [-0.05, 0) is 18.2 Å². The molecule has 0 atom stereocenters. The summed E-state index contributed by atoms with van der Waals surface area (Å²) in [5, 5.41) is 15.6. The van der Waals surface area contributed by atoms with Gasteiger partial charge in [-0.2, -0.15) is 0 Å². The number of hydrogen-bond donors (Lipinski definition) is 2. The van der Waals surface area contributed by atoms with E-state index >= 15 is 0 Å². The summed E-state index contributed by atoms with van der Waals surface area (Å²) in [6.07, 6.45) is 0. The largest absolute Gasteiger partial charge is 0.496 e. The van der Waals surface area contributed by atoms with Crippen LogP contribution in [0.15, 0.2) is 27.8 Å². The van der Waals surface area contributed by atoms with Gasteiger partial charge in [0.15, 0.2) is 0 Å². The minimum atomic E-state index is 0.0301. The molecule has 1 heterocycles. The molecule has 100 valence electrons. The summed E-state index contributed by atoms with van der Waals surface area (Å²) in [6.45, 7) is 1.74. The smallest absolute Gasteiger partial charge is 0.276 e. The molecular formula is C12H14N4O2S. The van der Waals surface area contributed by atoms with Crippen molar-refractivity contribution in [2.45, 2.75) is 17.9 Å². The number of nitrogens with one attached hydrogen (secondary N) is 1. The number of aryl methyl sites for hydroxylation is 1. The number of aromatic nitrogens is 2. The normalized spacial score (nSPS) is 10.4. The molecule has 0 radical (unpaired) electrons. The number of benzene rings is 1. The van der Waals surface area contributed by atoms with Crippen molar-refractivity contribution >= 4 is 17.6 Å². The molecule has 1 aromatic heterocycles. The maximum absolute atomic E-state index is 7.45. The second-order valence-corrected chi connectivity index (χ2v) is 4.74. The molecule has 0 aliphatic heterocycles. The topological polar surface area (TPSA) is 98.0 Å². The van der Waals surface area contributed by atoms with Crippen LogP contribution in [0.2, 0.25) is 0 Å². The average Bonchev–Trinajstić information content (AvgIpc) is 2.81. The van der Waals surface area contributed by atoms with E-state index in [-0.39, 0.29) is 5.84 Å². The Balaban J connectivity index is 2.17. The van der Waals surface area contributed by atoms with Crippen LogP contribution in [-0.2, 0) is 5.75 Å². The Morgan fingerprint density at radius 3 is 2.84 bits per heavy atom. The van der Waals surface area contributed by atoms with Crippen molar-refractivity contribution < 1.29 is 9.15 Å². The number of nitrogen functional groups attached to an aromatic ring is 1. The first-order valence-electron chi connectivity index (χ1n) is 5.54. The van der Waals surface area contributed by atoms with E-state index in [1.807, 2.05) is 6.07 Å². The highest BCUT2D eigenvalue weighted by Crippen LogP contribution is 2.28. The standard InChI is InChI=1S/C12H14N4O2S/c1-7-15-16-12(18-7)19-6-9-5-8(11(13)14)3-4-10(9)17-2/h3-5H,6H2,1-2H3,(H3,13,14). The average molecular weight is 278 g/mol. The predicted molar refractivity (Wildman–Crippen MR) is 72.6 cm³/mol. The van der Waals surface area contributed by atoms with Crippen molar-refractivity contribution in [3.63, 3.8) is 0 Å². The number of rotatable bonds is 5. The van der Waals surface area contributed by atoms with E-state index in [2.05, 4.69) is 10.2 Å². The summed E-state index contributed by atoms with van der Waals surface area (Å²) in [5.74, 6) is 1.91. The molecule has 0 amide bonds. The van der Waals surface area contributed by atoms with Gasteiger partial charge in [-0.3, -0.25) is 5.41 Å². The van der Waals surface area contributed by atoms with Gasteiger partial charge in [0.25, 0.3) is 5.22 Å². The zero-order valence-electron chi connectivity index (χ0n) is 10.6. The van der Waals surface area contributed by atoms with Crippen LogP contribution in [0.4, 0.5) is 0 Å². The second kappa shape index (κ2) is 5.75. The van der Waals surface area contributed by atoms with Crippen molar-refractivity contribution in [1.82, 2.24) is 10.2 Å². The number of methoxy groups -OCH3 is 1. The SMILES string of the molecule is COc1ccc(C(=N)N)cc1CSc1nnc(C)o1. The summed E-state index contributed by atoms with van der Waals surface area (Å²) < 4.78 is 10.6. The highest BCUT2D eigenvalue weighted by atomic mass is 32.2. The molecule has 0 fully saturated rings. The quantitative estimate of drug-likeness (QED) is 0.493. The van der Waals surface area contributed by atoms with Crippen molar-refractivity contribution in [2.24, 2.45) is 5.73 Å². The van der Waals surface area contributed by atoms with Gasteiger partial charge in [-0.1, -0.05) is 11.8 Å². The number of ether oxygens (including phenoxy) is 1. The Morgan fingerprint density at radius 2 is 2.26 bits per heavy atom. The number of nitrogens with zero attached hydrogens (tertiary/aromatic N) is 2. The van der Waals surface area contributed by atoms with Crippen LogP contribution in [-0.4, -0.2) is 23.1 Å². The van der Waals surface area contributed by atoms with E-state index in [0.717, 1.165) is 11.3 Å². The molecule has 7 heteroatoms. The Morgan fingerprint density at radius 1 is 1.47 bits per heavy atom. The monoisotopic (exact) mass is 278 g/mol. The number of hydrogen-bond acceptors (Lipinski definition) is 6. The van der Waals surface area contributed by atoms with Crippen molar-refractivity contribution in [1.29, 1.82) is 5.41 Å². The van der Waals surface area contributed by atoms with Gasteiger partial charge in [0.05, 0.1) is 7.11 Å². The predicted octanol–water partition coefficient (Wildman–Crippen LogP) is 1.96. The Kier molecular flexibility index (Phi) is 4.06. The lowest BCUT2D eigenvalue weighted by Gasteiger charge is -2.09. The Hall–Kier alpha value is -2.02. The maximum atomic E-state index is 7.45. The van der Waals surface area contributed by atoms with Crippen LogP contribution >= 0.6 is 11.8 Å². The van der Waals surface area contributed by atoms with Crippen LogP contribution in [0, 0.1) is 12.3 Å². The Bertz CT molecular complexity index is 597. The highest BCUT2D eigenvalue weighted by molar-refractivity contribution is 7.98. The first-order valence-corrected chi connectivity index (χ1v) is 6.53. The lowest BCUT2D eigenvalue weighted by Crippen LogP contribution is -2.11. The van der Waals surface area contributed by atoms with Gasteiger partial charge in [0.2, 0.25) is 5.89 Å². The fourth-order valence-electron chi connectivity index (χ4n) is 1.54. The van der Waals surface area contributed by atoms with Gasteiger partial charge < -0.3 is 14.9 Å². The minimum Gasteiger partial charge on any atom is -0.496 e. The molecule has 0 saturated carbocycles. The van der Waals surface area contributed by atoms with E-state index in [0.29, 0.717) is 22.4 Å². The molecule has 2 aromatic rings. The van der Waals surface area contributed by atoms with Crippen LogP contribution in [0.1, 0.15) is 17.0 Å². The minimum absolute atomic E-state index is 0.0301. The number of nitrogens with two attached hydrogens (primary N) is 1. The molecule has 0 aliphatic carbocycles. The third-order valence-corrected chi connectivity index (χ3v) is 3.32. The number of thioether (sulfide) groups is 1. The van der Waals surface area contributed by atoms with E-state index in [4.69, 9.17) is 20.3 Å². The molecular weight excluding hydrogens is 264 g/mol. The van der Waals surface area contributed by atoms with Crippen LogP contribution in [0.5, 0.6) is 5.75 Å². The molecule has 3 N–H and O–H groups in total. The zero-order chi connectivity index (χ0) is 13.8. The van der Waals surface area contributed by atoms with Crippen LogP contribution in [0.3, 0.4) is 0 Å². The van der Waals surface area contributed by atoms with Gasteiger partial charge in [-0.25, -0.2) is 0 Å². The number of amidine groups is 1. The lowest BCUT2D eigenvalue weighted by atomic mass is 10.1. The van der Waals surface area contributed by atoms with Crippen molar-refractivity contribution in [2.75, 3.05) is 7.11 Å². The summed E-state index contributed by atoms with van der Waals surface area (Å²) in [4.78, 5) is 0. The van der Waals surface area contributed by atoms with Gasteiger partial charge in [-0.15, -0.1) is 10.2 Å². The lowest BCUT2D eigenvalue weighted by molar-refractivity contribution is 0.411. The molecule has 0 unspecified atom stereocenters.